The van der Waals surface area contributed by atoms with Gasteiger partial charge < -0.3 is 4.90 Å². The molecule has 3 rings (SSSR count). The summed E-state index contributed by atoms with van der Waals surface area (Å²) in [5, 5.41) is 0. The van der Waals surface area contributed by atoms with E-state index in [0.717, 1.165) is 5.56 Å². The van der Waals surface area contributed by atoms with Crippen LogP contribution in [0.25, 0.3) is 0 Å². The fraction of sp³-hybridized carbons (Fsp3) is 0.591. The van der Waals surface area contributed by atoms with Gasteiger partial charge in [0.25, 0.3) is 0 Å². The molecule has 1 heterocycles. The van der Waals surface area contributed by atoms with Crippen molar-refractivity contribution in [1.29, 1.82) is 0 Å². The first-order chi connectivity index (χ1) is 13.4. The number of rotatable bonds is 6. The van der Waals surface area contributed by atoms with Crippen molar-refractivity contribution in [3.8, 4) is 0 Å². The Bertz CT molecular complexity index is 902. The number of hydrogen-bond donors (Lipinski definition) is 0. The number of benzene rings is 1. The summed E-state index contributed by atoms with van der Waals surface area (Å²) in [6.45, 7) is 8.73. The van der Waals surface area contributed by atoms with E-state index in [-0.39, 0.29) is 45.2 Å². The second kappa shape index (κ2) is 8.24. The van der Waals surface area contributed by atoms with Gasteiger partial charge in [-0.1, -0.05) is 75.2 Å². The predicted octanol–water partition coefficient (Wildman–Crippen LogP) is 4.92. The molecule has 7 heteroatoms. The zero-order chi connectivity index (χ0) is 21.6. The first-order valence-corrected chi connectivity index (χ1v) is 12.6. The van der Waals surface area contributed by atoms with Gasteiger partial charge in [0, 0.05) is 12.6 Å². The number of amides is 1. The molecule has 160 valence electrons. The molecule has 3 atom stereocenters. The predicted molar refractivity (Wildman–Crippen MR) is 119 cm³/mol. The van der Waals surface area contributed by atoms with Gasteiger partial charge in [0.15, 0.2) is 9.84 Å². The summed E-state index contributed by atoms with van der Waals surface area (Å²) in [5.74, 6) is 0.311. The van der Waals surface area contributed by atoms with E-state index in [1.54, 1.807) is 11.0 Å². The van der Waals surface area contributed by atoms with E-state index in [2.05, 4.69) is 26.0 Å². The van der Waals surface area contributed by atoms with E-state index in [9.17, 15) is 13.2 Å². The molecular formula is C22H29Cl2NO3S. The van der Waals surface area contributed by atoms with Crippen molar-refractivity contribution >= 4 is 38.9 Å². The Balaban J connectivity index is 1.86. The third kappa shape index (κ3) is 5.00. The molecule has 4 nitrogen and oxygen atoms in total. The minimum absolute atomic E-state index is 0.0131. The molecule has 1 saturated carbocycles. The van der Waals surface area contributed by atoms with E-state index in [4.69, 9.17) is 23.2 Å². The minimum Gasteiger partial charge on any atom is -0.334 e. The third-order valence-corrected chi connectivity index (χ3v) is 8.42. The van der Waals surface area contributed by atoms with Gasteiger partial charge in [-0.2, -0.15) is 0 Å². The number of carbonyl (C=O) groups is 1. The van der Waals surface area contributed by atoms with Crippen LogP contribution >= 0.6 is 23.2 Å². The maximum atomic E-state index is 13.5. The fourth-order valence-electron chi connectivity index (χ4n) is 4.39. The number of carbonyl (C=O) groups excluding carboxylic acids is 1. The molecule has 0 radical (unpaired) electrons. The van der Waals surface area contributed by atoms with Gasteiger partial charge in [0.1, 0.15) is 4.49 Å². The molecule has 1 aliphatic heterocycles. The van der Waals surface area contributed by atoms with Gasteiger partial charge in [0.05, 0.1) is 17.4 Å². The second-order valence-corrected chi connectivity index (χ2v) is 12.4. The largest absolute Gasteiger partial charge is 0.334 e. The molecule has 0 spiro atoms. The molecule has 29 heavy (non-hydrogen) atoms. The van der Waals surface area contributed by atoms with E-state index in [1.807, 2.05) is 26.0 Å². The average molecular weight is 458 g/mol. The third-order valence-electron chi connectivity index (χ3n) is 6.41. The molecule has 0 unspecified atom stereocenters. The van der Waals surface area contributed by atoms with Gasteiger partial charge in [-0.25, -0.2) is 8.42 Å². The van der Waals surface area contributed by atoms with Gasteiger partial charge in [-0.3, -0.25) is 4.79 Å². The molecule has 0 N–H and O–H groups in total. The van der Waals surface area contributed by atoms with Crippen molar-refractivity contribution in [2.45, 2.75) is 52.6 Å². The molecule has 1 aromatic rings. The van der Waals surface area contributed by atoms with Gasteiger partial charge >= 0.3 is 0 Å². The average Bonchev–Trinajstić information content (AvgIpc) is 2.94. The van der Waals surface area contributed by atoms with Crippen LogP contribution in [-0.4, -0.2) is 36.8 Å². The standard InChI is InChI=1S/C22H29Cl2NO3S/c1-14(2)16-7-5-15(6-8-16)12-25(17-9-10-29(27,28)13-17)21(26)20-18(11-19(23)24)22(20,3)4/h5-8,11,14,17-18,20H,9-10,12-13H2,1-4H3/t17-,18+,20-/m1/s1. The van der Waals surface area contributed by atoms with E-state index in [0.29, 0.717) is 18.9 Å². The fourth-order valence-corrected chi connectivity index (χ4v) is 6.39. The number of nitrogens with zero attached hydrogens (tertiary/aromatic N) is 1. The van der Waals surface area contributed by atoms with Crippen molar-refractivity contribution in [2.24, 2.45) is 17.3 Å². The van der Waals surface area contributed by atoms with Crippen molar-refractivity contribution in [1.82, 2.24) is 4.90 Å². The SMILES string of the molecule is CC(C)c1ccc(CN(C(=O)[C@H]2[C@H](C=C(Cl)Cl)C2(C)C)[C@@H]2CCS(=O)(=O)C2)cc1. The van der Waals surface area contributed by atoms with Crippen LogP contribution in [0.2, 0.25) is 0 Å². The van der Waals surface area contributed by atoms with E-state index < -0.39 is 9.84 Å². The lowest BCUT2D eigenvalue weighted by molar-refractivity contribution is -0.136. The normalized spacial score (nSPS) is 26.9. The van der Waals surface area contributed by atoms with Gasteiger partial charge in [-0.15, -0.1) is 0 Å². The van der Waals surface area contributed by atoms with Crippen molar-refractivity contribution in [2.75, 3.05) is 11.5 Å². The summed E-state index contributed by atoms with van der Waals surface area (Å²) in [5.41, 5.74) is 2.00. The Morgan fingerprint density at radius 1 is 1.24 bits per heavy atom. The lowest BCUT2D eigenvalue weighted by atomic mass is 10.0. The maximum absolute atomic E-state index is 13.5. The highest BCUT2D eigenvalue weighted by Crippen LogP contribution is 2.60. The summed E-state index contributed by atoms with van der Waals surface area (Å²) in [4.78, 5) is 15.3. The van der Waals surface area contributed by atoms with Crippen molar-refractivity contribution in [3.63, 3.8) is 0 Å². The smallest absolute Gasteiger partial charge is 0.227 e. The molecule has 1 amide bonds. The van der Waals surface area contributed by atoms with Crippen LogP contribution in [0.1, 0.15) is 51.2 Å². The second-order valence-electron chi connectivity index (χ2n) is 9.20. The number of hydrogen-bond acceptors (Lipinski definition) is 3. The topological polar surface area (TPSA) is 54.5 Å². The van der Waals surface area contributed by atoms with Crippen molar-refractivity contribution in [3.05, 3.63) is 46.0 Å². The van der Waals surface area contributed by atoms with Crippen LogP contribution in [0.5, 0.6) is 0 Å². The van der Waals surface area contributed by atoms with Crippen LogP contribution in [0.3, 0.4) is 0 Å². The summed E-state index contributed by atoms with van der Waals surface area (Å²) >= 11 is 11.7. The van der Waals surface area contributed by atoms with Crippen LogP contribution in [0, 0.1) is 17.3 Å². The number of halogens is 2. The first-order valence-electron chi connectivity index (χ1n) is 10.0. The Labute approximate surface area is 184 Å². The Hall–Kier alpha value is -1.04. The highest BCUT2D eigenvalue weighted by Gasteiger charge is 2.62. The first kappa shape index (κ1) is 22.6. The Kier molecular flexibility index (Phi) is 6.43. The van der Waals surface area contributed by atoms with E-state index >= 15 is 0 Å². The molecule has 2 aliphatic rings. The summed E-state index contributed by atoms with van der Waals surface area (Å²) in [6, 6.07) is 7.93. The molecule has 2 fully saturated rings. The molecule has 1 saturated heterocycles. The van der Waals surface area contributed by atoms with E-state index in [1.165, 1.54) is 5.56 Å². The highest BCUT2D eigenvalue weighted by molar-refractivity contribution is 7.91. The maximum Gasteiger partial charge on any atom is 0.227 e. The van der Waals surface area contributed by atoms with Crippen LogP contribution in [0.15, 0.2) is 34.8 Å². The minimum atomic E-state index is -3.10. The monoisotopic (exact) mass is 457 g/mol. The van der Waals surface area contributed by atoms with Crippen LogP contribution < -0.4 is 0 Å². The molecule has 0 bridgehead atoms. The Morgan fingerprint density at radius 3 is 2.34 bits per heavy atom. The Morgan fingerprint density at radius 2 is 1.86 bits per heavy atom. The zero-order valence-electron chi connectivity index (χ0n) is 17.4. The summed E-state index contributed by atoms with van der Waals surface area (Å²) in [6.07, 6.45) is 2.22. The molecule has 1 aliphatic carbocycles. The lowest BCUT2D eigenvalue weighted by Crippen LogP contribution is -2.42. The summed E-state index contributed by atoms with van der Waals surface area (Å²) in [7, 11) is -3.10. The lowest BCUT2D eigenvalue weighted by Gasteiger charge is -2.29. The number of sulfone groups is 1. The quantitative estimate of drug-likeness (QED) is 0.608. The van der Waals surface area contributed by atoms with Crippen LogP contribution in [0.4, 0.5) is 0 Å². The van der Waals surface area contributed by atoms with Gasteiger partial charge in [0.2, 0.25) is 5.91 Å². The molecule has 0 aromatic heterocycles. The molecule has 1 aromatic carbocycles. The zero-order valence-corrected chi connectivity index (χ0v) is 19.7. The summed E-state index contributed by atoms with van der Waals surface area (Å²) < 4.78 is 24.3. The highest BCUT2D eigenvalue weighted by atomic mass is 35.5. The molecular weight excluding hydrogens is 429 g/mol. The van der Waals surface area contributed by atoms with Crippen LogP contribution in [-0.2, 0) is 21.2 Å². The number of allylic oxidation sites excluding steroid dienone is 1. The van der Waals surface area contributed by atoms with Gasteiger partial charge in [-0.05, 0) is 40.9 Å². The van der Waals surface area contributed by atoms with Crippen molar-refractivity contribution < 1.29 is 13.2 Å².